The van der Waals surface area contributed by atoms with Crippen LogP contribution in [0.15, 0.2) is 24.3 Å². The molecule has 2 N–H and O–H groups in total. The summed E-state index contributed by atoms with van der Waals surface area (Å²) in [5.74, 6) is -0.462. The van der Waals surface area contributed by atoms with Crippen LogP contribution in [0.1, 0.15) is 0 Å². The Bertz CT molecular complexity index is 282. The monoisotopic (exact) mass is 194 g/mol. The summed E-state index contributed by atoms with van der Waals surface area (Å²) in [6.07, 6.45) is 0. The van der Waals surface area contributed by atoms with Gasteiger partial charge in [0.05, 0.1) is 0 Å². The molecule has 70 valence electrons. The van der Waals surface area contributed by atoms with Gasteiger partial charge in [0.15, 0.2) is 0 Å². The molecule has 0 saturated carbocycles. The maximum Gasteiger partial charge on any atom is 0.470 e. The largest absolute Gasteiger partial charge is 0.470 e. The second kappa shape index (κ2) is 5.82. The summed E-state index contributed by atoms with van der Waals surface area (Å²) >= 11 is 0. The highest BCUT2D eigenvalue weighted by atomic mass is 19.1. The molecule has 1 aromatic carbocycles. The maximum atomic E-state index is 12.8. The van der Waals surface area contributed by atoms with E-state index in [-0.39, 0.29) is 0 Å². The van der Waals surface area contributed by atoms with E-state index < -0.39 is 12.9 Å². The van der Waals surface area contributed by atoms with Crippen LogP contribution in [0.25, 0.3) is 0 Å². The summed E-state index contributed by atoms with van der Waals surface area (Å²) in [5.41, 5.74) is 0.334. The van der Waals surface area contributed by atoms with Crippen LogP contribution < -0.4 is 5.46 Å². The standard InChI is InChI=1S/C6H6B3FO4/c10-6-3-1-2-5(4-6)9(13-7-11)14-8-12/h1-4,11-12H. The summed E-state index contributed by atoms with van der Waals surface area (Å²) in [7, 11) is -0.265. The van der Waals surface area contributed by atoms with Crippen molar-refractivity contribution in [2.24, 2.45) is 0 Å². The molecule has 1 aromatic rings. The van der Waals surface area contributed by atoms with Crippen molar-refractivity contribution in [2.45, 2.75) is 0 Å². The molecule has 0 saturated heterocycles. The number of hydrogen-bond donors (Lipinski definition) is 2. The van der Waals surface area contributed by atoms with E-state index in [1.807, 2.05) is 0 Å². The normalized spacial score (nSPS) is 9.64. The SMILES string of the molecule is O[B]OB(O[B]O)c1cccc(F)c1. The molecule has 0 aliphatic heterocycles. The van der Waals surface area contributed by atoms with Crippen molar-refractivity contribution in [1.82, 2.24) is 0 Å². The molecule has 0 spiro atoms. The quantitative estimate of drug-likeness (QED) is 0.566. The van der Waals surface area contributed by atoms with Crippen LogP contribution in [-0.4, -0.2) is 32.5 Å². The number of benzene rings is 1. The summed E-state index contributed by atoms with van der Waals surface area (Å²) in [5, 5.41) is 16.8. The number of hydrogen-bond acceptors (Lipinski definition) is 4. The van der Waals surface area contributed by atoms with E-state index in [4.69, 9.17) is 10.0 Å². The lowest BCUT2D eigenvalue weighted by Crippen LogP contribution is -2.39. The Morgan fingerprint density at radius 2 is 1.86 bits per heavy atom. The average molecular weight is 194 g/mol. The van der Waals surface area contributed by atoms with Crippen LogP contribution in [0.3, 0.4) is 0 Å². The maximum absolute atomic E-state index is 12.8. The van der Waals surface area contributed by atoms with Crippen LogP contribution >= 0.6 is 0 Å². The molecule has 0 aromatic heterocycles. The van der Waals surface area contributed by atoms with Crippen LogP contribution in [0.5, 0.6) is 0 Å². The Morgan fingerprint density at radius 3 is 2.36 bits per heavy atom. The lowest BCUT2D eigenvalue weighted by atomic mass is 9.76. The highest BCUT2D eigenvalue weighted by Gasteiger charge is 2.21. The molecule has 0 unspecified atom stereocenters. The van der Waals surface area contributed by atoms with Crippen LogP contribution in [0.4, 0.5) is 4.39 Å². The fourth-order valence-electron chi connectivity index (χ4n) is 0.953. The van der Waals surface area contributed by atoms with E-state index in [0.29, 0.717) is 20.8 Å². The van der Waals surface area contributed by atoms with Crippen LogP contribution in [0.2, 0.25) is 0 Å². The van der Waals surface area contributed by atoms with E-state index in [9.17, 15) is 4.39 Å². The third-order valence-electron chi connectivity index (χ3n) is 1.49. The molecule has 0 fully saturated rings. The van der Waals surface area contributed by atoms with Crippen LogP contribution in [-0.2, 0) is 9.14 Å². The Balaban J connectivity index is 2.75. The van der Waals surface area contributed by atoms with Crippen molar-refractivity contribution >= 4 is 28.0 Å². The lowest BCUT2D eigenvalue weighted by Gasteiger charge is -2.10. The van der Waals surface area contributed by atoms with Gasteiger partial charge in [-0.3, -0.25) is 0 Å². The second-order valence-corrected chi connectivity index (χ2v) is 2.37. The van der Waals surface area contributed by atoms with E-state index in [0.717, 1.165) is 6.07 Å². The molecule has 4 nitrogen and oxygen atoms in total. The van der Waals surface area contributed by atoms with E-state index >= 15 is 0 Å². The molecular formula is C6H6B3FO4. The van der Waals surface area contributed by atoms with Gasteiger partial charge in [-0.15, -0.1) is 0 Å². The van der Waals surface area contributed by atoms with Gasteiger partial charge in [-0.25, -0.2) is 4.39 Å². The molecule has 1 rings (SSSR count). The molecule has 14 heavy (non-hydrogen) atoms. The van der Waals surface area contributed by atoms with E-state index in [1.165, 1.54) is 18.2 Å². The van der Waals surface area contributed by atoms with Crippen molar-refractivity contribution in [3.05, 3.63) is 30.1 Å². The first-order valence-corrected chi connectivity index (χ1v) is 3.76. The highest BCUT2D eigenvalue weighted by Crippen LogP contribution is 1.96. The van der Waals surface area contributed by atoms with Gasteiger partial charge in [-0.05, 0) is 17.6 Å². The first kappa shape index (κ1) is 11.3. The van der Waals surface area contributed by atoms with Crippen molar-refractivity contribution in [1.29, 1.82) is 0 Å². The number of rotatable bonds is 5. The van der Waals surface area contributed by atoms with Crippen molar-refractivity contribution in [3.8, 4) is 0 Å². The third kappa shape index (κ3) is 3.15. The van der Waals surface area contributed by atoms with Gasteiger partial charge in [-0.2, -0.15) is 0 Å². The van der Waals surface area contributed by atoms with Gasteiger partial charge in [0.2, 0.25) is 0 Å². The van der Waals surface area contributed by atoms with E-state index in [1.54, 1.807) is 0 Å². The summed E-state index contributed by atoms with van der Waals surface area (Å²) in [6.45, 7) is 0. The zero-order chi connectivity index (χ0) is 10.4. The lowest BCUT2D eigenvalue weighted by molar-refractivity contribution is 0.375. The predicted molar refractivity (Wildman–Crippen MR) is 49.9 cm³/mol. The Hall–Kier alpha value is -0.815. The molecule has 8 heteroatoms. The fraction of sp³-hybridized carbons (Fsp3) is 0. The summed E-state index contributed by atoms with van der Waals surface area (Å²) in [6, 6.07) is 5.41. The Kier molecular flexibility index (Phi) is 4.68. The van der Waals surface area contributed by atoms with Crippen LogP contribution in [0, 0.1) is 5.82 Å². The molecule has 0 amide bonds. The van der Waals surface area contributed by atoms with Crippen molar-refractivity contribution in [3.63, 3.8) is 0 Å². The average Bonchev–Trinajstić information content (AvgIpc) is 2.17. The van der Waals surface area contributed by atoms with Crippen molar-refractivity contribution in [2.75, 3.05) is 0 Å². The van der Waals surface area contributed by atoms with E-state index in [2.05, 4.69) is 9.14 Å². The molecule has 0 atom stereocenters. The third-order valence-corrected chi connectivity index (χ3v) is 1.49. The Labute approximate surface area is 82.4 Å². The van der Waals surface area contributed by atoms with Crippen molar-refractivity contribution < 1.29 is 23.6 Å². The second-order valence-electron chi connectivity index (χ2n) is 2.37. The molecule has 0 bridgehead atoms. The van der Waals surface area contributed by atoms with Gasteiger partial charge in [-0.1, -0.05) is 12.1 Å². The zero-order valence-electron chi connectivity index (χ0n) is 7.13. The highest BCUT2D eigenvalue weighted by molar-refractivity contribution is 6.68. The first-order chi connectivity index (χ1) is 6.77. The minimum atomic E-state index is -1.07. The number of halogens is 1. The fourth-order valence-corrected chi connectivity index (χ4v) is 0.953. The predicted octanol–water partition coefficient (Wildman–Crippen LogP) is -1.39. The first-order valence-electron chi connectivity index (χ1n) is 3.76. The molecule has 0 aliphatic carbocycles. The zero-order valence-corrected chi connectivity index (χ0v) is 7.13. The van der Waals surface area contributed by atoms with Gasteiger partial charge in [0.1, 0.15) is 5.82 Å². The Morgan fingerprint density at radius 1 is 1.21 bits per heavy atom. The summed E-state index contributed by atoms with van der Waals surface area (Å²) < 4.78 is 21.9. The van der Waals surface area contributed by atoms with Gasteiger partial charge in [0, 0.05) is 0 Å². The van der Waals surface area contributed by atoms with Gasteiger partial charge >= 0.3 is 22.5 Å². The topological polar surface area (TPSA) is 58.9 Å². The molecule has 0 aliphatic rings. The molecule has 0 heterocycles. The van der Waals surface area contributed by atoms with Gasteiger partial charge < -0.3 is 19.2 Å². The minimum absolute atomic E-state index is 0.334. The molecule has 2 radical (unpaired) electrons. The minimum Gasteiger partial charge on any atom is -0.450 e. The molecular weight excluding hydrogens is 187 g/mol. The van der Waals surface area contributed by atoms with Gasteiger partial charge in [0.25, 0.3) is 0 Å². The summed E-state index contributed by atoms with van der Waals surface area (Å²) in [4.78, 5) is 0. The smallest absolute Gasteiger partial charge is 0.450 e.